The molecule has 10 rings (SSSR count). The lowest BCUT2D eigenvalue weighted by atomic mass is 10.1. The maximum absolute atomic E-state index is 14.0. The first kappa shape index (κ1) is 41.0. The van der Waals surface area contributed by atoms with Gasteiger partial charge in [-0.1, -0.05) is 111 Å². The maximum atomic E-state index is 14.0. The van der Waals surface area contributed by atoms with Crippen molar-refractivity contribution in [2.75, 3.05) is 27.4 Å². The van der Waals surface area contributed by atoms with Crippen LogP contribution in [0.15, 0.2) is 133 Å². The zero-order chi connectivity index (χ0) is 43.6. The van der Waals surface area contributed by atoms with Gasteiger partial charge in [0.05, 0.1) is 71.8 Å². The Morgan fingerprint density at radius 2 is 0.844 bits per heavy atom. The summed E-state index contributed by atoms with van der Waals surface area (Å²) in [4.78, 5) is 27.9. The van der Waals surface area contributed by atoms with Crippen LogP contribution >= 0.6 is 0 Å². The number of aromatic nitrogens is 2. The lowest BCUT2D eigenvalue weighted by Crippen LogP contribution is -2.04. The topological polar surface area (TPSA) is 80.9 Å². The van der Waals surface area contributed by atoms with Crippen molar-refractivity contribution in [3.63, 3.8) is 0 Å². The highest BCUT2D eigenvalue weighted by Gasteiger charge is 2.36. The third-order valence-corrected chi connectivity index (χ3v) is 13.0. The van der Waals surface area contributed by atoms with Crippen LogP contribution < -0.4 is 18.9 Å². The van der Waals surface area contributed by atoms with Crippen LogP contribution in [-0.4, -0.2) is 48.1 Å². The Labute approximate surface area is 374 Å². The molecular formula is C56H52N2O6. The van der Waals surface area contributed by atoms with Gasteiger partial charge in [0.25, 0.3) is 0 Å². The number of aryl methyl sites for hydroxylation is 4. The van der Waals surface area contributed by atoms with Gasteiger partial charge >= 0.3 is 0 Å². The molecule has 6 aromatic carbocycles. The molecule has 8 nitrogen and oxygen atoms in total. The number of nitrogens with zero attached hydrogens (tertiary/aromatic N) is 2. The van der Waals surface area contributed by atoms with Crippen LogP contribution in [0.5, 0.6) is 23.0 Å². The Bertz CT molecular complexity index is 2840. The van der Waals surface area contributed by atoms with Crippen LogP contribution in [0.2, 0.25) is 0 Å². The molecule has 0 aliphatic heterocycles. The molecule has 2 aliphatic carbocycles. The summed E-state index contributed by atoms with van der Waals surface area (Å²) in [6.07, 6.45) is 7.77. The van der Waals surface area contributed by atoms with Crippen molar-refractivity contribution >= 4 is 33.4 Å². The van der Waals surface area contributed by atoms with Crippen LogP contribution in [0.1, 0.15) is 81.5 Å². The van der Waals surface area contributed by atoms with E-state index in [1.165, 1.54) is 11.1 Å². The summed E-state index contributed by atoms with van der Waals surface area (Å²) >= 11 is 0. The zero-order valence-corrected chi connectivity index (χ0v) is 36.5. The molecule has 0 amide bonds. The number of hydrogen-bond acceptors (Lipinski definition) is 6. The summed E-state index contributed by atoms with van der Waals surface area (Å²) < 4.78 is 28.6. The molecule has 2 aliphatic rings. The first-order chi connectivity index (χ1) is 31.5. The lowest BCUT2D eigenvalue weighted by Gasteiger charge is -2.13. The van der Waals surface area contributed by atoms with Crippen LogP contribution in [0, 0.1) is 0 Å². The average molecular weight is 849 g/mol. The summed E-state index contributed by atoms with van der Waals surface area (Å²) in [6, 6.07) is 44.6. The van der Waals surface area contributed by atoms with Gasteiger partial charge in [0, 0.05) is 35.3 Å². The fraction of sp³-hybridized carbons (Fsp3) is 0.250. The highest BCUT2D eigenvalue weighted by molar-refractivity contribution is 6.29. The van der Waals surface area contributed by atoms with Gasteiger partial charge in [-0.05, 0) is 85.3 Å². The van der Waals surface area contributed by atoms with E-state index in [0.717, 1.165) is 154 Å². The predicted octanol–water partition coefficient (Wildman–Crippen LogP) is 12.3. The van der Waals surface area contributed by atoms with Crippen molar-refractivity contribution in [1.82, 2.24) is 9.13 Å². The van der Waals surface area contributed by atoms with Crippen molar-refractivity contribution < 1.29 is 28.5 Å². The monoisotopic (exact) mass is 848 g/mol. The Hall–Kier alpha value is -7.06. The predicted molar refractivity (Wildman–Crippen MR) is 254 cm³/mol. The highest BCUT2D eigenvalue weighted by atomic mass is 16.5. The number of carbonyl (C=O) groups excluding carboxylic acids is 2. The largest absolute Gasteiger partial charge is 0.497 e. The Morgan fingerprint density at radius 1 is 0.438 bits per heavy atom. The fourth-order valence-electron chi connectivity index (χ4n) is 9.90. The number of fused-ring (bicyclic) bond motifs is 10. The van der Waals surface area contributed by atoms with Gasteiger partial charge in [0.2, 0.25) is 0 Å². The van der Waals surface area contributed by atoms with Crippen LogP contribution in [0.3, 0.4) is 0 Å². The normalized spacial score (nSPS) is 12.4. The third-order valence-electron chi connectivity index (χ3n) is 13.0. The first-order valence-electron chi connectivity index (χ1n) is 22.6. The summed E-state index contributed by atoms with van der Waals surface area (Å²) in [7, 11) is 3.38. The second-order valence-electron chi connectivity index (χ2n) is 16.8. The number of benzene rings is 6. The number of carbonyl (C=O) groups is 2. The van der Waals surface area contributed by atoms with E-state index in [1.807, 2.05) is 84.9 Å². The van der Waals surface area contributed by atoms with E-state index in [4.69, 9.17) is 18.9 Å². The summed E-state index contributed by atoms with van der Waals surface area (Å²) in [6.45, 7) is 2.62. The Balaban J connectivity index is 0.756. The minimum Gasteiger partial charge on any atom is -0.497 e. The molecule has 8 aromatic rings. The second-order valence-corrected chi connectivity index (χ2v) is 16.8. The maximum Gasteiger partial charge on any atom is 0.196 e. The summed E-state index contributed by atoms with van der Waals surface area (Å²) in [5.74, 6) is 3.35. The third kappa shape index (κ3) is 7.51. The van der Waals surface area contributed by atoms with Gasteiger partial charge in [-0.15, -0.1) is 0 Å². The number of rotatable bonds is 19. The number of ether oxygens (including phenoxy) is 4. The molecule has 8 heteroatoms. The SMILES string of the molecule is COc1cccc(CCn2c3c(c4c(OCCCCCCCCOc5cccc6c5c5c(n6CCc6cccc(OC)c6)-c6ccccc6C5=O)cccc42)C(=O)c2ccccc2-3)c1. The van der Waals surface area contributed by atoms with Gasteiger partial charge in [-0.3, -0.25) is 9.59 Å². The molecule has 0 radical (unpaired) electrons. The van der Waals surface area contributed by atoms with Crippen molar-refractivity contribution in [2.24, 2.45) is 0 Å². The van der Waals surface area contributed by atoms with Gasteiger partial charge in [0.15, 0.2) is 11.6 Å². The number of ketones is 2. The van der Waals surface area contributed by atoms with Gasteiger partial charge in [-0.2, -0.15) is 0 Å². The quantitative estimate of drug-likeness (QED) is 0.0754. The highest BCUT2D eigenvalue weighted by Crippen LogP contribution is 2.47. The van der Waals surface area contributed by atoms with Crippen molar-refractivity contribution in [3.8, 4) is 45.5 Å². The first-order valence-corrected chi connectivity index (χ1v) is 22.6. The average Bonchev–Trinajstić information content (AvgIpc) is 4.04. The molecule has 322 valence electrons. The van der Waals surface area contributed by atoms with Crippen LogP contribution in [0.25, 0.3) is 44.3 Å². The summed E-state index contributed by atoms with van der Waals surface area (Å²) in [5.41, 5.74) is 11.3. The minimum absolute atomic E-state index is 0.0642. The van der Waals surface area contributed by atoms with E-state index in [0.29, 0.717) is 13.2 Å². The molecule has 0 fully saturated rings. The van der Waals surface area contributed by atoms with E-state index in [-0.39, 0.29) is 11.6 Å². The lowest BCUT2D eigenvalue weighted by molar-refractivity contribution is 0.103. The molecule has 0 atom stereocenters. The minimum atomic E-state index is 0.0642. The number of unbranched alkanes of at least 4 members (excludes halogenated alkanes) is 5. The van der Waals surface area contributed by atoms with E-state index in [1.54, 1.807) is 14.2 Å². The number of methoxy groups -OCH3 is 2. The molecule has 0 unspecified atom stereocenters. The summed E-state index contributed by atoms with van der Waals surface area (Å²) in [5, 5.41) is 1.81. The number of hydrogen-bond donors (Lipinski definition) is 0. The molecule has 2 heterocycles. The van der Waals surface area contributed by atoms with Crippen LogP contribution in [0.4, 0.5) is 0 Å². The van der Waals surface area contributed by atoms with E-state index < -0.39 is 0 Å². The molecule has 0 N–H and O–H groups in total. The fourth-order valence-corrected chi connectivity index (χ4v) is 9.90. The van der Waals surface area contributed by atoms with Crippen molar-refractivity contribution in [2.45, 2.75) is 64.5 Å². The second kappa shape index (κ2) is 18.0. The smallest absolute Gasteiger partial charge is 0.196 e. The molecule has 0 spiro atoms. The Morgan fingerprint density at radius 3 is 1.28 bits per heavy atom. The zero-order valence-electron chi connectivity index (χ0n) is 36.5. The molecule has 64 heavy (non-hydrogen) atoms. The van der Waals surface area contributed by atoms with Crippen LogP contribution in [-0.2, 0) is 25.9 Å². The van der Waals surface area contributed by atoms with Gasteiger partial charge < -0.3 is 28.1 Å². The van der Waals surface area contributed by atoms with E-state index in [9.17, 15) is 9.59 Å². The van der Waals surface area contributed by atoms with E-state index in [2.05, 4.69) is 57.7 Å². The molecule has 0 saturated carbocycles. The van der Waals surface area contributed by atoms with E-state index >= 15 is 0 Å². The molecule has 0 bridgehead atoms. The Kier molecular flexibility index (Phi) is 11.5. The molecule has 2 aromatic heterocycles. The van der Waals surface area contributed by atoms with Gasteiger partial charge in [0.1, 0.15) is 23.0 Å². The molecule has 0 saturated heterocycles. The van der Waals surface area contributed by atoms with Crippen molar-refractivity contribution in [1.29, 1.82) is 0 Å². The molecular weight excluding hydrogens is 797 g/mol. The van der Waals surface area contributed by atoms with Crippen molar-refractivity contribution in [3.05, 3.63) is 167 Å². The standard InChI is InChI=1S/C56H52N2O6/c1-61-39-19-13-17-37(35-39)29-31-57-45-25-15-27-47(49(45)51-53(57)41-21-7-9-23-43(41)55(51)59)63-33-11-5-3-4-6-12-34-64-48-28-16-26-46-50(48)52-54(42-22-8-10-24-44(42)56(52)60)58(46)32-30-38-18-14-20-40(36-38)62-2/h7-10,13-28,35-36H,3-6,11-12,29-34H2,1-2H3. The van der Waals surface area contributed by atoms with Gasteiger partial charge in [-0.25, -0.2) is 0 Å².